The molecule has 0 aromatic carbocycles. The lowest BCUT2D eigenvalue weighted by Crippen LogP contribution is -1.35. The van der Waals surface area contributed by atoms with E-state index in [1.807, 2.05) is 0 Å². The van der Waals surface area contributed by atoms with E-state index in [-0.39, 0.29) is 6.15 Å². The van der Waals surface area contributed by atoms with Crippen LogP contribution in [0.25, 0.3) is 0 Å². The fourth-order valence-corrected chi connectivity index (χ4v) is 0. The molecule has 0 aromatic rings. The molecule has 0 heterocycles. The summed E-state index contributed by atoms with van der Waals surface area (Å²) in [5, 5.41) is 0. The van der Waals surface area contributed by atoms with Gasteiger partial charge in [-0.1, -0.05) is 0 Å². The minimum absolute atomic E-state index is 0. The first-order valence-electron chi connectivity index (χ1n) is 0.704. The Kier molecular flexibility index (Phi) is 41.6. The molecule has 0 bridgehead atoms. The smallest absolute Gasteiger partial charge is 0.165 e. The lowest BCUT2D eigenvalue weighted by molar-refractivity contribution is 0.560. The van der Waals surface area contributed by atoms with Crippen molar-refractivity contribution in [3.63, 3.8) is 0 Å². The molecular formula is C2H7NO. The van der Waals surface area contributed by atoms with Crippen LogP contribution in [-0.2, 0) is 4.79 Å². The third kappa shape index (κ3) is 4.73. The highest BCUT2D eigenvalue weighted by Crippen LogP contribution is 1.13. The molecule has 0 saturated heterocycles. The van der Waals surface area contributed by atoms with Crippen molar-refractivity contribution >= 4 is 6.29 Å². The standard InChI is InChI=1S/C2H3O.H3N/c1-2-3;/h1H3;1H3/q-1;/p+1. The summed E-state index contributed by atoms with van der Waals surface area (Å²) in [5.41, 5.74) is 0. The van der Waals surface area contributed by atoms with E-state index in [1.165, 1.54) is 13.2 Å². The highest BCUT2D eigenvalue weighted by molar-refractivity contribution is 5.45. The molecule has 0 aromatic heterocycles. The summed E-state index contributed by atoms with van der Waals surface area (Å²) < 4.78 is 0. The first-order valence-corrected chi connectivity index (χ1v) is 0.704. The number of rotatable bonds is 0. The first-order chi connectivity index (χ1) is 1.41. The van der Waals surface area contributed by atoms with Crippen LogP contribution in [0, 0.1) is 0 Å². The molecule has 2 nitrogen and oxygen atoms in total. The maximum atomic E-state index is 8.68. The fourth-order valence-electron chi connectivity index (χ4n) is 0. The second-order valence-electron chi connectivity index (χ2n) is 0.204. The third-order valence-electron chi connectivity index (χ3n) is 0. The van der Waals surface area contributed by atoms with E-state index in [9.17, 15) is 0 Å². The molecule has 0 unspecified atom stereocenters. The normalized spacial score (nSPS) is 3.25. The highest BCUT2D eigenvalue weighted by Gasteiger charge is 0.958. The molecule has 0 rings (SSSR count). The first kappa shape index (κ1) is 9.45. The van der Waals surface area contributed by atoms with Crippen molar-refractivity contribution in [3.05, 3.63) is 0 Å². The van der Waals surface area contributed by atoms with Crippen molar-refractivity contribution in [2.75, 3.05) is 0 Å². The van der Waals surface area contributed by atoms with Crippen LogP contribution < -0.4 is 6.15 Å². The molecule has 0 radical (unpaired) electrons. The molecule has 0 saturated carbocycles. The molecule has 0 spiro atoms. The Morgan fingerprint density at radius 3 is 1.75 bits per heavy atom. The SMILES string of the molecule is C[C-]=O.[NH4+]. The summed E-state index contributed by atoms with van der Waals surface area (Å²) >= 11 is 0. The minimum Gasteiger partial charge on any atom is -0.542 e. The molecule has 0 aliphatic carbocycles. The Labute approximate surface area is 25.4 Å². The second-order valence-corrected chi connectivity index (χ2v) is 0.204. The van der Waals surface area contributed by atoms with Crippen molar-refractivity contribution in [1.29, 1.82) is 0 Å². The van der Waals surface area contributed by atoms with Crippen molar-refractivity contribution in [2.24, 2.45) is 0 Å². The molecule has 4 heavy (non-hydrogen) atoms. The molecule has 0 amide bonds. The zero-order valence-electron chi connectivity index (χ0n) is 2.91. The molecule has 0 aliphatic heterocycles. The molecule has 2 heteroatoms. The van der Waals surface area contributed by atoms with Crippen LogP contribution in [-0.4, -0.2) is 6.29 Å². The minimum atomic E-state index is 0. The van der Waals surface area contributed by atoms with E-state index < -0.39 is 0 Å². The van der Waals surface area contributed by atoms with Crippen LogP contribution in [0.4, 0.5) is 0 Å². The molecule has 0 aliphatic rings. The van der Waals surface area contributed by atoms with Gasteiger partial charge in [-0.05, 0) is 0 Å². The van der Waals surface area contributed by atoms with E-state index in [0.29, 0.717) is 0 Å². The molecule has 26 valence electrons. The Bertz CT molecular complexity index is 13.5. The van der Waals surface area contributed by atoms with Crippen LogP contribution in [0.1, 0.15) is 6.92 Å². The van der Waals surface area contributed by atoms with Gasteiger partial charge >= 0.3 is 0 Å². The third-order valence-corrected chi connectivity index (χ3v) is 0. The van der Waals surface area contributed by atoms with Gasteiger partial charge in [-0.3, -0.25) is 6.29 Å². The summed E-state index contributed by atoms with van der Waals surface area (Å²) in [5.74, 6) is 0. The van der Waals surface area contributed by atoms with Crippen LogP contribution in [0.2, 0.25) is 0 Å². The Morgan fingerprint density at radius 1 is 1.75 bits per heavy atom. The van der Waals surface area contributed by atoms with Gasteiger partial charge in [0.2, 0.25) is 0 Å². The largest absolute Gasteiger partial charge is 0.542 e. The van der Waals surface area contributed by atoms with Crippen LogP contribution >= 0.6 is 0 Å². The van der Waals surface area contributed by atoms with E-state index >= 15 is 0 Å². The van der Waals surface area contributed by atoms with E-state index in [2.05, 4.69) is 0 Å². The van der Waals surface area contributed by atoms with Crippen molar-refractivity contribution in [3.8, 4) is 0 Å². The Morgan fingerprint density at radius 2 is 1.75 bits per heavy atom. The van der Waals surface area contributed by atoms with Crippen LogP contribution in [0.15, 0.2) is 0 Å². The van der Waals surface area contributed by atoms with Gasteiger partial charge in [-0.15, -0.1) is 0 Å². The summed E-state index contributed by atoms with van der Waals surface area (Å²) in [6, 6.07) is 0. The van der Waals surface area contributed by atoms with Crippen LogP contribution in [0.5, 0.6) is 0 Å². The van der Waals surface area contributed by atoms with Gasteiger partial charge in [0.15, 0.2) is 0 Å². The monoisotopic (exact) mass is 61.1 g/mol. The summed E-state index contributed by atoms with van der Waals surface area (Å²) in [6.45, 7) is 1.32. The molecule has 4 N–H and O–H groups in total. The topological polar surface area (TPSA) is 53.6 Å². The molecule has 0 atom stereocenters. The maximum absolute atomic E-state index is 8.68. The molecular weight excluding hydrogens is 54.0 g/mol. The van der Waals surface area contributed by atoms with E-state index in [0.717, 1.165) is 0 Å². The quantitative estimate of drug-likeness (QED) is 0.407. The zero-order chi connectivity index (χ0) is 2.71. The lowest BCUT2D eigenvalue weighted by atomic mass is 11.0. The summed E-state index contributed by atoms with van der Waals surface area (Å²) in [7, 11) is 0. The van der Waals surface area contributed by atoms with E-state index in [4.69, 9.17) is 4.79 Å². The van der Waals surface area contributed by atoms with Crippen molar-refractivity contribution < 1.29 is 4.79 Å². The molecule has 0 fully saturated rings. The van der Waals surface area contributed by atoms with Crippen molar-refractivity contribution in [1.82, 2.24) is 6.15 Å². The van der Waals surface area contributed by atoms with Gasteiger partial charge in [0, 0.05) is 0 Å². The zero-order valence-corrected chi connectivity index (χ0v) is 2.91. The number of quaternary nitrogens is 1. The fraction of sp³-hybridized carbons (Fsp3) is 0.500. The van der Waals surface area contributed by atoms with Gasteiger partial charge in [0.1, 0.15) is 0 Å². The highest BCUT2D eigenvalue weighted by atomic mass is 16.1. The van der Waals surface area contributed by atoms with Gasteiger partial charge in [0.25, 0.3) is 0 Å². The average molecular weight is 61.1 g/mol. The Balaban J connectivity index is 0. The van der Waals surface area contributed by atoms with Gasteiger partial charge < -0.3 is 10.9 Å². The number of hydrogen-bond acceptors (Lipinski definition) is 1. The maximum Gasteiger partial charge on any atom is -0.165 e. The predicted molar refractivity (Wildman–Crippen MR) is 17.4 cm³/mol. The predicted octanol–water partition coefficient (Wildman–Crippen LogP) is 0.492. The second kappa shape index (κ2) is 17.6. The average Bonchev–Trinajstić information content (AvgIpc) is 0.918. The lowest BCUT2D eigenvalue weighted by Gasteiger charge is -1.52. The number of hydrogen-bond donors (Lipinski definition) is 1. The Hall–Kier alpha value is -0.370. The van der Waals surface area contributed by atoms with Gasteiger partial charge in [0.05, 0.1) is 0 Å². The summed E-state index contributed by atoms with van der Waals surface area (Å²) in [4.78, 5) is 8.68. The van der Waals surface area contributed by atoms with Crippen molar-refractivity contribution in [2.45, 2.75) is 6.92 Å². The van der Waals surface area contributed by atoms with Crippen LogP contribution in [0.3, 0.4) is 0 Å². The number of carbonyl (C=O) groups excluding carboxylic acids is 1. The van der Waals surface area contributed by atoms with Gasteiger partial charge in [-0.25, -0.2) is 0 Å². The van der Waals surface area contributed by atoms with E-state index in [1.54, 1.807) is 0 Å². The summed E-state index contributed by atoms with van der Waals surface area (Å²) in [6.07, 6.45) is 1.50. The van der Waals surface area contributed by atoms with Gasteiger partial charge in [-0.2, -0.15) is 6.92 Å².